The van der Waals surface area contributed by atoms with E-state index in [9.17, 15) is 23.2 Å². The molecule has 36 heavy (non-hydrogen) atoms. The zero-order valence-corrected chi connectivity index (χ0v) is 20.1. The molecule has 4 fully saturated rings. The molecule has 8 nitrogen and oxygen atoms in total. The summed E-state index contributed by atoms with van der Waals surface area (Å²) in [7, 11) is 0. The fourth-order valence-electron chi connectivity index (χ4n) is 6.23. The number of rotatable bonds is 6. The Morgan fingerprint density at radius 2 is 1.78 bits per heavy atom. The highest BCUT2D eigenvalue weighted by molar-refractivity contribution is 6.05. The van der Waals surface area contributed by atoms with Crippen molar-refractivity contribution in [3.8, 4) is 5.75 Å². The highest BCUT2D eigenvalue weighted by atomic mass is 19.3. The number of halogens is 2. The fourth-order valence-corrected chi connectivity index (χ4v) is 6.23. The van der Waals surface area contributed by atoms with E-state index in [0.29, 0.717) is 24.3 Å². The number of imide groups is 1. The van der Waals surface area contributed by atoms with Crippen LogP contribution in [0.1, 0.15) is 67.3 Å². The van der Waals surface area contributed by atoms with E-state index in [0.717, 1.165) is 44.3 Å². The van der Waals surface area contributed by atoms with E-state index < -0.39 is 17.9 Å². The van der Waals surface area contributed by atoms with Gasteiger partial charge >= 0.3 is 0 Å². The molecular weight excluding hydrogens is 472 g/mol. The lowest BCUT2D eigenvalue weighted by Gasteiger charge is -2.50. The van der Waals surface area contributed by atoms with Crippen LogP contribution in [-0.2, 0) is 20.9 Å². The van der Waals surface area contributed by atoms with Gasteiger partial charge in [0.25, 0.3) is 11.8 Å². The van der Waals surface area contributed by atoms with E-state index in [1.165, 1.54) is 4.90 Å². The van der Waals surface area contributed by atoms with Crippen molar-refractivity contribution in [3.05, 3.63) is 29.3 Å². The molecule has 1 aromatic carbocycles. The van der Waals surface area contributed by atoms with Crippen molar-refractivity contribution in [2.24, 2.45) is 0 Å². The number of hydrogen-bond donors (Lipinski definition) is 1. The molecule has 5 aliphatic rings. The number of likely N-dealkylation sites (tertiary alicyclic amines) is 1. The van der Waals surface area contributed by atoms with Crippen LogP contribution in [0, 0.1) is 0 Å². The summed E-state index contributed by atoms with van der Waals surface area (Å²) in [6.45, 7) is 1.80. The van der Waals surface area contributed by atoms with Gasteiger partial charge in [-0.2, -0.15) is 0 Å². The molecule has 2 saturated heterocycles. The Balaban J connectivity index is 1.07. The summed E-state index contributed by atoms with van der Waals surface area (Å²) < 4.78 is 38.4. The predicted octanol–water partition coefficient (Wildman–Crippen LogP) is 2.64. The maximum absolute atomic E-state index is 13.1. The number of fused-ring (bicyclic) bond motifs is 1. The summed E-state index contributed by atoms with van der Waals surface area (Å²) in [5.74, 6) is -2.78. The molecule has 3 aliphatic heterocycles. The maximum Gasteiger partial charge on any atom is 0.255 e. The first-order chi connectivity index (χ1) is 17.3. The average Bonchev–Trinajstić information content (AvgIpc) is 3.11. The van der Waals surface area contributed by atoms with E-state index in [1.54, 1.807) is 6.07 Å². The molecule has 1 N–H and O–H groups in total. The van der Waals surface area contributed by atoms with Crippen LogP contribution in [-0.4, -0.2) is 76.9 Å². The third-order valence-electron chi connectivity index (χ3n) is 8.23. The number of alkyl halides is 2. The molecule has 3 atom stereocenters. The topological polar surface area (TPSA) is 88.2 Å². The Labute approximate surface area is 208 Å². The second kappa shape index (κ2) is 9.06. The first-order valence-electron chi connectivity index (χ1n) is 13.0. The molecule has 1 aromatic rings. The largest absolute Gasteiger partial charge is 0.489 e. The lowest BCUT2D eigenvalue weighted by Crippen LogP contribution is -2.62. The number of hydrogen-bond acceptors (Lipinski definition) is 6. The molecule has 2 saturated carbocycles. The van der Waals surface area contributed by atoms with Crippen LogP contribution < -0.4 is 10.1 Å². The van der Waals surface area contributed by atoms with Crippen LogP contribution in [0.4, 0.5) is 8.78 Å². The van der Waals surface area contributed by atoms with Crippen molar-refractivity contribution in [1.82, 2.24) is 15.1 Å². The smallest absolute Gasteiger partial charge is 0.255 e. The van der Waals surface area contributed by atoms with Gasteiger partial charge in [-0.15, -0.1) is 0 Å². The normalized spacial score (nSPS) is 31.0. The molecule has 0 spiro atoms. The molecule has 0 bridgehead atoms. The molecule has 0 radical (unpaired) electrons. The second-order valence-corrected chi connectivity index (χ2v) is 10.8. The van der Waals surface area contributed by atoms with Gasteiger partial charge in [-0.25, -0.2) is 8.78 Å². The van der Waals surface area contributed by atoms with Crippen molar-refractivity contribution in [3.63, 3.8) is 0 Å². The Bertz CT molecular complexity index is 1070. The fraction of sp³-hybridized carbons (Fsp3) is 0.654. The number of piperidine rings is 1. The van der Waals surface area contributed by atoms with E-state index in [2.05, 4.69) is 10.2 Å². The van der Waals surface area contributed by atoms with Crippen LogP contribution >= 0.6 is 0 Å². The van der Waals surface area contributed by atoms with E-state index in [4.69, 9.17) is 9.47 Å². The monoisotopic (exact) mass is 503 g/mol. The Morgan fingerprint density at radius 1 is 1.00 bits per heavy atom. The summed E-state index contributed by atoms with van der Waals surface area (Å²) in [6.07, 6.45) is 4.09. The van der Waals surface area contributed by atoms with E-state index in [-0.39, 0.29) is 55.4 Å². The number of carbonyl (C=O) groups excluding carboxylic acids is 3. The number of nitrogens with one attached hydrogen (secondary N) is 1. The molecule has 6 rings (SSSR count). The number of ether oxygens (including phenoxy) is 2. The molecule has 10 heteroatoms. The van der Waals surface area contributed by atoms with Crippen molar-refractivity contribution in [2.45, 2.75) is 94.2 Å². The second-order valence-electron chi connectivity index (χ2n) is 10.8. The molecule has 0 aromatic heterocycles. The molecule has 3 heterocycles. The quantitative estimate of drug-likeness (QED) is 0.601. The summed E-state index contributed by atoms with van der Waals surface area (Å²) in [6, 6.07) is 5.08. The Kier molecular flexibility index (Phi) is 5.99. The molecular formula is C26H31F2N3O5. The van der Waals surface area contributed by atoms with Crippen LogP contribution in [0.3, 0.4) is 0 Å². The standard InChI is InChI=1S/C26H31F2N3O5/c27-26(28)10-17(11-26)35-18-13-30(14-18)20-3-1-2-4-22(20)36-16-5-6-19-15(9-16)12-31(25(19)34)21-7-8-23(32)29-24(21)33/h5-6,9,17-18,20-22H,1-4,7-8,10-14H2,(H,29,32,33)/t20-,21?,22?/m0/s1. The molecule has 2 aliphatic carbocycles. The zero-order chi connectivity index (χ0) is 25.0. The summed E-state index contributed by atoms with van der Waals surface area (Å²) >= 11 is 0. The highest BCUT2D eigenvalue weighted by Gasteiger charge is 2.49. The van der Waals surface area contributed by atoms with Gasteiger partial charge in [-0.3, -0.25) is 24.6 Å². The summed E-state index contributed by atoms with van der Waals surface area (Å²) in [5, 5.41) is 2.33. The third kappa shape index (κ3) is 4.49. The Hall–Kier alpha value is -2.59. The lowest BCUT2D eigenvalue weighted by atomic mass is 9.88. The van der Waals surface area contributed by atoms with Crippen LogP contribution in [0.25, 0.3) is 0 Å². The average molecular weight is 504 g/mol. The van der Waals surface area contributed by atoms with Gasteiger partial charge in [-0.05, 0) is 49.4 Å². The van der Waals surface area contributed by atoms with Crippen molar-refractivity contribution in [2.75, 3.05) is 13.1 Å². The first kappa shape index (κ1) is 23.8. The Morgan fingerprint density at radius 3 is 2.53 bits per heavy atom. The number of amides is 3. The van der Waals surface area contributed by atoms with Crippen LogP contribution in [0.15, 0.2) is 18.2 Å². The van der Waals surface area contributed by atoms with Gasteiger partial charge in [0.05, 0.1) is 12.2 Å². The van der Waals surface area contributed by atoms with Crippen LogP contribution in [0.5, 0.6) is 5.75 Å². The van der Waals surface area contributed by atoms with Crippen molar-refractivity contribution in [1.29, 1.82) is 0 Å². The summed E-state index contributed by atoms with van der Waals surface area (Å²) in [4.78, 5) is 40.6. The van der Waals surface area contributed by atoms with Gasteiger partial charge in [0.15, 0.2) is 0 Å². The van der Waals surface area contributed by atoms with Gasteiger partial charge in [0, 0.05) is 50.5 Å². The van der Waals surface area contributed by atoms with Crippen LogP contribution in [0.2, 0.25) is 0 Å². The minimum Gasteiger partial charge on any atom is -0.489 e. The van der Waals surface area contributed by atoms with E-state index >= 15 is 0 Å². The van der Waals surface area contributed by atoms with Gasteiger partial charge in [-0.1, -0.05) is 6.42 Å². The van der Waals surface area contributed by atoms with Gasteiger partial charge in [0.2, 0.25) is 11.8 Å². The highest BCUT2D eigenvalue weighted by Crippen LogP contribution is 2.41. The minimum atomic E-state index is -2.56. The van der Waals surface area contributed by atoms with Gasteiger partial charge < -0.3 is 14.4 Å². The predicted molar refractivity (Wildman–Crippen MR) is 124 cm³/mol. The maximum atomic E-state index is 13.1. The number of benzene rings is 1. The summed E-state index contributed by atoms with van der Waals surface area (Å²) in [5.41, 5.74) is 1.39. The van der Waals surface area contributed by atoms with Gasteiger partial charge in [0.1, 0.15) is 17.9 Å². The molecule has 2 unspecified atom stereocenters. The minimum absolute atomic E-state index is 0.00845. The zero-order valence-electron chi connectivity index (χ0n) is 20.1. The SMILES string of the molecule is O=C1CCC(N2Cc3cc(OC4CCCC[C@@H]4N4CC(OC5CC(F)(F)C5)C4)ccc3C2=O)C(=O)N1. The van der Waals surface area contributed by atoms with Crippen molar-refractivity contribution < 1.29 is 32.6 Å². The third-order valence-corrected chi connectivity index (χ3v) is 8.23. The molecule has 194 valence electrons. The number of carbonyl (C=O) groups is 3. The lowest BCUT2D eigenvalue weighted by molar-refractivity contribution is -0.207. The van der Waals surface area contributed by atoms with Crippen molar-refractivity contribution >= 4 is 17.7 Å². The van der Waals surface area contributed by atoms with E-state index in [1.807, 2.05) is 12.1 Å². The first-order valence-corrected chi connectivity index (χ1v) is 13.0. The number of nitrogens with zero attached hydrogens (tertiary/aromatic N) is 2. The molecule has 3 amide bonds.